The van der Waals surface area contributed by atoms with Gasteiger partial charge in [0.1, 0.15) is 5.75 Å². The summed E-state index contributed by atoms with van der Waals surface area (Å²) < 4.78 is 5.43. The molecule has 2 amide bonds. The van der Waals surface area contributed by atoms with E-state index in [1.165, 1.54) is 0 Å². The number of hydrogen-bond acceptors (Lipinski definition) is 3. The molecule has 2 aromatic carbocycles. The van der Waals surface area contributed by atoms with E-state index in [0.717, 1.165) is 23.2 Å². The van der Waals surface area contributed by atoms with Crippen molar-refractivity contribution in [3.05, 3.63) is 59.2 Å². The van der Waals surface area contributed by atoms with E-state index in [4.69, 9.17) is 10.5 Å². The molecule has 23 heavy (non-hydrogen) atoms. The second-order valence-electron chi connectivity index (χ2n) is 5.16. The Labute approximate surface area is 135 Å². The topological polar surface area (TPSA) is 81.4 Å². The van der Waals surface area contributed by atoms with Gasteiger partial charge < -0.3 is 15.8 Å². The monoisotopic (exact) mass is 312 g/mol. The highest BCUT2D eigenvalue weighted by molar-refractivity contribution is 5.96. The third kappa shape index (κ3) is 4.10. The van der Waals surface area contributed by atoms with Crippen molar-refractivity contribution in [2.24, 2.45) is 5.73 Å². The van der Waals surface area contributed by atoms with Gasteiger partial charge in [0.25, 0.3) is 11.8 Å². The maximum absolute atomic E-state index is 12.1. The zero-order chi connectivity index (χ0) is 16.8. The summed E-state index contributed by atoms with van der Waals surface area (Å²) in [5.41, 5.74) is 8.41. The quantitative estimate of drug-likeness (QED) is 0.860. The lowest BCUT2D eigenvalue weighted by Gasteiger charge is -2.14. The number of rotatable bonds is 6. The van der Waals surface area contributed by atoms with Crippen LogP contribution in [0.2, 0.25) is 0 Å². The molecule has 2 aromatic rings. The van der Waals surface area contributed by atoms with Gasteiger partial charge in [0.05, 0.1) is 5.56 Å². The third-order valence-corrected chi connectivity index (χ3v) is 3.52. The van der Waals surface area contributed by atoms with Crippen molar-refractivity contribution in [3.63, 3.8) is 0 Å². The van der Waals surface area contributed by atoms with Crippen molar-refractivity contribution in [2.45, 2.75) is 20.3 Å². The van der Waals surface area contributed by atoms with Crippen LogP contribution in [0.4, 0.5) is 5.69 Å². The fourth-order valence-electron chi connectivity index (χ4n) is 2.32. The largest absolute Gasteiger partial charge is 0.483 e. The van der Waals surface area contributed by atoms with Crippen molar-refractivity contribution in [2.75, 3.05) is 11.9 Å². The number of para-hydroxylation sites is 2. The molecule has 5 nitrogen and oxygen atoms in total. The van der Waals surface area contributed by atoms with Crippen LogP contribution in [-0.4, -0.2) is 18.4 Å². The lowest BCUT2D eigenvalue weighted by atomic mass is 10.1. The van der Waals surface area contributed by atoms with Gasteiger partial charge in [0.2, 0.25) is 0 Å². The molecular weight excluding hydrogens is 292 g/mol. The van der Waals surface area contributed by atoms with Crippen LogP contribution in [0, 0.1) is 6.92 Å². The first-order valence-corrected chi connectivity index (χ1v) is 7.43. The number of anilines is 1. The molecule has 3 N–H and O–H groups in total. The molecule has 120 valence electrons. The number of aryl methyl sites for hydroxylation is 2. The lowest BCUT2D eigenvalue weighted by molar-refractivity contribution is -0.118. The van der Waals surface area contributed by atoms with Crippen molar-refractivity contribution < 1.29 is 14.3 Å². The van der Waals surface area contributed by atoms with Crippen LogP contribution in [0.15, 0.2) is 42.5 Å². The normalized spacial score (nSPS) is 10.2. The van der Waals surface area contributed by atoms with E-state index in [1.54, 1.807) is 24.3 Å². The predicted octanol–water partition coefficient (Wildman–Crippen LogP) is 2.67. The van der Waals surface area contributed by atoms with Crippen LogP contribution < -0.4 is 15.8 Å². The van der Waals surface area contributed by atoms with Crippen LogP contribution in [0.5, 0.6) is 5.75 Å². The predicted molar refractivity (Wildman–Crippen MR) is 89.6 cm³/mol. The summed E-state index contributed by atoms with van der Waals surface area (Å²) in [5.74, 6) is -0.572. The van der Waals surface area contributed by atoms with Crippen molar-refractivity contribution >= 4 is 17.5 Å². The summed E-state index contributed by atoms with van der Waals surface area (Å²) >= 11 is 0. The van der Waals surface area contributed by atoms with Crippen LogP contribution in [-0.2, 0) is 11.2 Å². The average Bonchev–Trinajstić information content (AvgIpc) is 2.55. The molecule has 0 bridgehead atoms. The minimum atomic E-state index is -0.590. The van der Waals surface area contributed by atoms with Crippen LogP contribution >= 0.6 is 0 Å². The molecule has 0 unspecified atom stereocenters. The lowest BCUT2D eigenvalue weighted by Crippen LogP contribution is -2.22. The van der Waals surface area contributed by atoms with Gasteiger partial charge in [-0.05, 0) is 36.6 Å². The Morgan fingerprint density at radius 1 is 1.13 bits per heavy atom. The summed E-state index contributed by atoms with van der Waals surface area (Å²) in [5, 5.41) is 2.87. The van der Waals surface area contributed by atoms with E-state index in [1.807, 2.05) is 32.0 Å². The molecule has 0 aliphatic heterocycles. The van der Waals surface area contributed by atoms with E-state index in [0.29, 0.717) is 5.75 Å². The first-order valence-electron chi connectivity index (χ1n) is 7.43. The molecule has 0 aliphatic rings. The average molecular weight is 312 g/mol. The number of benzene rings is 2. The smallest absolute Gasteiger partial charge is 0.262 e. The summed E-state index contributed by atoms with van der Waals surface area (Å²) in [6, 6.07) is 12.5. The number of nitrogens with two attached hydrogens (primary N) is 1. The minimum Gasteiger partial charge on any atom is -0.483 e. The number of hydrogen-bond donors (Lipinski definition) is 2. The van der Waals surface area contributed by atoms with E-state index >= 15 is 0 Å². The van der Waals surface area contributed by atoms with Gasteiger partial charge >= 0.3 is 0 Å². The van der Waals surface area contributed by atoms with Crippen molar-refractivity contribution in [1.29, 1.82) is 0 Å². The molecular formula is C18H20N2O3. The fraction of sp³-hybridized carbons (Fsp3) is 0.222. The van der Waals surface area contributed by atoms with Gasteiger partial charge in [-0.3, -0.25) is 9.59 Å². The first kappa shape index (κ1) is 16.5. The first-order chi connectivity index (χ1) is 11.0. The maximum atomic E-state index is 12.1. The van der Waals surface area contributed by atoms with Gasteiger partial charge in [-0.15, -0.1) is 0 Å². The molecule has 0 heterocycles. The third-order valence-electron chi connectivity index (χ3n) is 3.52. The molecule has 5 heteroatoms. The van der Waals surface area contributed by atoms with E-state index in [-0.39, 0.29) is 18.1 Å². The summed E-state index contributed by atoms with van der Waals surface area (Å²) in [4.78, 5) is 23.5. The molecule has 0 saturated carbocycles. The molecule has 0 fully saturated rings. The number of primary amides is 1. The van der Waals surface area contributed by atoms with Crippen LogP contribution in [0.25, 0.3) is 0 Å². The highest BCUT2D eigenvalue weighted by Gasteiger charge is 2.12. The van der Waals surface area contributed by atoms with Gasteiger partial charge in [0.15, 0.2) is 6.61 Å². The Hall–Kier alpha value is -2.82. The summed E-state index contributed by atoms with van der Waals surface area (Å²) in [7, 11) is 0. The zero-order valence-electron chi connectivity index (χ0n) is 13.3. The molecule has 0 aromatic heterocycles. The molecule has 0 atom stereocenters. The molecule has 0 saturated heterocycles. The van der Waals surface area contributed by atoms with Crippen LogP contribution in [0.1, 0.15) is 28.4 Å². The highest BCUT2D eigenvalue weighted by Crippen LogP contribution is 2.21. The van der Waals surface area contributed by atoms with Gasteiger partial charge in [-0.2, -0.15) is 0 Å². The number of carbonyl (C=O) groups is 2. The summed E-state index contributed by atoms with van der Waals surface area (Å²) in [6.07, 6.45) is 0.822. The van der Waals surface area contributed by atoms with E-state index in [9.17, 15) is 9.59 Å². The van der Waals surface area contributed by atoms with E-state index < -0.39 is 5.91 Å². The Bertz CT molecular complexity index is 726. The second-order valence-corrected chi connectivity index (χ2v) is 5.16. The van der Waals surface area contributed by atoms with E-state index in [2.05, 4.69) is 5.32 Å². The SMILES string of the molecule is CCc1cccc(C)c1NC(=O)COc1ccccc1C(N)=O. The van der Waals surface area contributed by atoms with Crippen molar-refractivity contribution in [1.82, 2.24) is 0 Å². The number of nitrogens with one attached hydrogen (secondary N) is 1. The molecule has 0 aliphatic carbocycles. The second kappa shape index (κ2) is 7.45. The zero-order valence-corrected chi connectivity index (χ0v) is 13.3. The van der Waals surface area contributed by atoms with Gasteiger partial charge in [-0.1, -0.05) is 37.3 Å². The number of amides is 2. The Morgan fingerprint density at radius 3 is 2.57 bits per heavy atom. The van der Waals surface area contributed by atoms with Crippen LogP contribution in [0.3, 0.4) is 0 Å². The maximum Gasteiger partial charge on any atom is 0.262 e. The summed E-state index contributed by atoms with van der Waals surface area (Å²) in [6.45, 7) is 3.78. The minimum absolute atomic E-state index is 0.193. The van der Waals surface area contributed by atoms with Crippen molar-refractivity contribution in [3.8, 4) is 5.75 Å². The molecule has 2 rings (SSSR count). The van der Waals surface area contributed by atoms with Gasteiger partial charge in [-0.25, -0.2) is 0 Å². The fourth-order valence-corrected chi connectivity index (χ4v) is 2.32. The standard InChI is InChI=1S/C18H20N2O3/c1-3-13-8-6-7-12(2)17(13)20-16(21)11-23-15-10-5-4-9-14(15)18(19)22/h4-10H,3,11H2,1-2H3,(H2,19,22)(H,20,21). The molecule has 0 spiro atoms. The Balaban J connectivity index is 2.06. The number of ether oxygens (including phenoxy) is 1. The number of carbonyl (C=O) groups excluding carboxylic acids is 2. The molecule has 0 radical (unpaired) electrons. The van der Waals surface area contributed by atoms with Gasteiger partial charge in [0, 0.05) is 5.69 Å². The highest BCUT2D eigenvalue weighted by atomic mass is 16.5. The Kier molecular flexibility index (Phi) is 5.36. The Morgan fingerprint density at radius 2 is 1.87 bits per heavy atom.